The fourth-order valence-electron chi connectivity index (χ4n) is 2.18. The van der Waals surface area contributed by atoms with Crippen LogP contribution in [0.2, 0.25) is 5.02 Å². The number of aromatic hydroxyl groups is 1. The molecule has 2 N–H and O–H groups in total. The maximum absolute atomic E-state index is 12.3. The van der Waals surface area contributed by atoms with Crippen LogP contribution in [0.15, 0.2) is 36.4 Å². The third-order valence-electron chi connectivity index (χ3n) is 3.33. The number of carbonyl (C=O) groups is 2. The minimum atomic E-state index is -0.677. The Labute approximate surface area is 142 Å². The van der Waals surface area contributed by atoms with Gasteiger partial charge >= 0.3 is 6.03 Å². The van der Waals surface area contributed by atoms with Gasteiger partial charge in [-0.2, -0.15) is 0 Å². The first-order valence-electron chi connectivity index (χ1n) is 7.02. The molecule has 0 saturated heterocycles. The van der Waals surface area contributed by atoms with Gasteiger partial charge in [0, 0.05) is 11.8 Å². The Morgan fingerprint density at radius 2 is 1.92 bits per heavy atom. The van der Waals surface area contributed by atoms with Crippen LogP contribution in [-0.4, -0.2) is 30.8 Å². The number of nitrogens with one attached hydrogen (secondary N) is 1. The highest BCUT2D eigenvalue weighted by Gasteiger charge is 2.18. The Kier molecular flexibility index (Phi) is 4.43. The van der Waals surface area contributed by atoms with Gasteiger partial charge in [0.05, 0.1) is 10.7 Å². The summed E-state index contributed by atoms with van der Waals surface area (Å²) < 4.78 is 10.8. The Hall–Kier alpha value is -2.93. The first-order chi connectivity index (χ1) is 11.6. The van der Waals surface area contributed by atoms with Gasteiger partial charge in [-0.3, -0.25) is 4.79 Å². The first kappa shape index (κ1) is 15.9. The first-order valence-corrected chi connectivity index (χ1v) is 7.40. The lowest BCUT2D eigenvalue weighted by Crippen LogP contribution is -2.33. The molecule has 0 saturated carbocycles. The van der Waals surface area contributed by atoms with Gasteiger partial charge < -0.3 is 19.9 Å². The van der Waals surface area contributed by atoms with Crippen molar-refractivity contribution >= 4 is 35.4 Å². The fourth-order valence-corrected chi connectivity index (χ4v) is 2.35. The number of fused-ring (bicyclic) bond motifs is 1. The van der Waals surface area contributed by atoms with E-state index in [1.54, 1.807) is 18.2 Å². The molecule has 0 spiro atoms. The molecule has 8 heteroatoms. The molecule has 1 heterocycles. The number of amides is 3. The monoisotopic (exact) mass is 348 g/mol. The number of nitrogens with zero attached hydrogens (tertiary/aromatic N) is 1. The molecule has 0 aliphatic carbocycles. The summed E-state index contributed by atoms with van der Waals surface area (Å²) in [6.45, 7) is 0.899. The van der Waals surface area contributed by atoms with Gasteiger partial charge in [-0.05, 0) is 30.3 Å². The lowest BCUT2D eigenvalue weighted by Gasteiger charge is -2.20. The summed E-state index contributed by atoms with van der Waals surface area (Å²) in [6, 6.07) is 8.26. The number of ether oxygens (including phenoxy) is 2. The lowest BCUT2D eigenvalue weighted by atomic mass is 10.2. The summed E-state index contributed by atoms with van der Waals surface area (Å²) in [4.78, 5) is 24.4. The summed E-state index contributed by atoms with van der Waals surface area (Å²) in [7, 11) is 0. The molecule has 0 fully saturated rings. The summed E-state index contributed by atoms with van der Waals surface area (Å²) in [5.41, 5.74) is 0.670. The van der Waals surface area contributed by atoms with E-state index in [9.17, 15) is 14.7 Å². The number of carbonyl (C=O) groups excluding carboxylic acids is 2. The summed E-state index contributed by atoms with van der Waals surface area (Å²) in [5.74, 6) is 0.972. The molecule has 0 aromatic heterocycles. The average molecular weight is 349 g/mol. The van der Waals surface area contributed by atoms with Gasteiger partial charge in [-0.15, -0.1) is 0 Å². The minimum absolute atomic E-state index is 0.0338. The quantitative estimate of drug-likeness (QED) is 0.832. The number of halogens is 1. The molecule has 2 aromatic rings. The average Bonchev–Trinajstić information content (AvgIpc) is 2.58. The van der Waals surface area contributed by atoms with Crippen LogP contribution in [0.4, 0.5) is 16.2 Å². The number of hydrogen-bond acceptors (Lipinski definition) is 5. The predicted octanol–water partition coefficient (Wildman–Crippen LogP) is 3.01. The van der Waals surface area contributed by atoms with Crippen molar-refractivity contribution in [2.24, 2.45) is 0 Å². The van der Waals surface area contributed by atoms with E-state index in [4.69, 9.17) is 21.1 Å². The van der Waals surface area contributed by atoms with E-state index < -0.39 is 6.03 Å². The van der Waals surface area contributed by atoms with Crippen LogP contribution in [0.25, 0.3) is 0 Å². The van der Waals surface area contributed by atoms with Crippen LogP contribution in [0.5, 0.6) is 17.2 Å². The predicted molar refractivity (Wildman–Crippen MR) is 88.1 cm³/mol. The number of rotatable bonds is 3. The van der Waals surface area contributed by atoms with Gasteiger partial charge in [0.15, 0.2) is 11.5 Å². The van der Waals surface area contributed by atoms with E-state index in [0.29, 0.717) is 36.8 Å². The highest BCUT2D eigenvalue weighted by atomic mass is 35.5. The van der Waals surface area contributed by atoms with Gasteiger partial charge in [0.25, 0.3) is 0 Å². The van der Waals surface area contributed by atoms with E-state index in [-0.39, 0.29) is 16.5 Å². The standard InChI is InChI=1S/C16H13ClN2O5/c17-12-8-11(2-3-13(12)21)19(9-20)16(22)18-10-1-4-14-15(7-10)24-6-5-23-14/h1-4,7-9,21H,5-6H2,(H,18,22). The molecule has 124 valence electrons. The molecule has 0 bridgehead atoms. The summed E-state index contributed by atoms with van der Waals surface area (Å²) in [5, 5.41) is 12.0. The molecule has 0 unspecified atom stereocenters. The summed E-state index contributed by atoms with van der Waals surface area (Å²) >= 11 is 5.80. The maximum Gasteiger partial charge on any atom is 0.332 e. The molecule has 0 radical (unpaired) electrons. The van der Waals surface area contributed by atoms with Gasteiger partial charge in [0.1, 0.15) is 19.0 Å². The molecular formula is C16H13ClN2O5. The van der Waals surface area contributed by atoms with Gasteiger partial charge in [-0.25, -0.2) is 9.69 Å². The Bertz CT molecular complexity index is 796. The van der Waals surface area contributed by atoms with Crippen molar-refractivity contribution in [3.63, 3.8) is 0 Å². The van der Waals surface area contributed by atoms with Crippen molar-refractivity contribution in [2.75, 3.05) is 23.4 Å². The molecule has 3 rings (SSSR count). The van der Waals surface area contributed by atoms with Crippen LogP contribution in [0.1, 0.15) is 0 Å². The Morgan fingerprint density at radius 1 is 1.17 bits per heavy atom. The smallest absolute Gasteiger partial charge is 0.332 e. The van der Waals surface area contributed by atoms with E-state index in [0.717, 1.165) is 4.90 Å². The number of imide groups is 1. The van der Waals surface area contributed by atoms with Gasteiger partial charge in [-0.1, -0.05) is 11.6 Å². The fraction of sp³-hybridized carbons (Fsp3) is 0.125. The number of phenolic OH excluding ortho intramolecular Hbond substituents is 1. The second-order valence-corrected chi connectivity index (χ2v) is 5.31. The number of hydrogen-bond donors (Lipinski definition) is 2. The molecule has 24 heavy (non-hydrogen) atoms. The molecule has 1 aliphatic rings. The lowest BCUT2D eigenvalue weighted by molar-refractivity contribution is -0.106. The largest absolute Gasteiger partial charge is 0.506 e. The molecule has 3 amide bonds. The van der Waals surface area contributed by atoms with Crippen LogP contribution < -0.4 is 19.7 Å². The normalized spacial score (nSPS) is 12.4. The van der Waals surface area contributed by atoms with E-state index >= 15 is 0 Å². The molecular weight excluding hydrogens is 336 g/mol. The zero-order valence-electron chi connectivity index (χ0n) is 12.4. The van der Waals surface area contributed by atoms with Crippen molar-refractivity contribution < 1.29 is 24.2 Å². The maximum atomic E-state index is 12.3. The van der Waals surface area contributed by atoms with Crippen LogP contribution >= 0.6 is 11.6 Å². The topological polar surface area (TPSA) is 88.1 Å². The van der Waals surface area contributed by atoms with E-state index in [2.05, 4.69) is 5.32 Å². The molecule has 0 atom stereocenters. The third kappa shape index (κ3) is 3.21. The van der Waals surface area contributed by atoms with Gasteiger partial charge in [0.2, 0.25) is 6.41 Å². The number of urea groups is 1. The van der Waals surface area contributed by atoms with Crippen LogP contribution in [-0.2, 0) is 4.79 Å². The number of anilines is 2. The third-order valence-corrected chi connectivity index (χ3v) is 3.63. The van der Waals surface area contributed by atoms with Crippen molar-refractivity contribution in [2.45, 2.75) is 0 Å². The Morgan fingerprint density at radius 3 is 2.62 bits per heavy atom. The second-order valence-electron chi connectivity index (χ2n) is 4.90. The number of phenols is 1. The minimum Gasteiger partial charge on any atom is -0.506 e. The molecule has 7 nitrogen and oxygen atoms in total. The van der Waals surface area contributed by atoms with Crippen molar-refractivity contribution in [3.05, 3.63) is 41.4 Å². The Balaban J connectivity index is 1.79. The van der Waals surface area contributed by atoms with Crippen molar-refractivity contribution in [1.29, 1.82) is 0 Å². The SMILES string of the molecule is O=CN(C(=O)Nc1ccc2c(c1)OCCO2)c1ccc(O)c(Cl)c1. The van der Waals surface area contributed by atoms with Crippen molar-refractivity contribution in [1.82, 2.24) is 0 Å². The van der Waals surface area contributed by atoms with Crippen LogP contribution in [0.3, 0.4) is 0 Å². The molecule has 1 aliphatic heterocycles. The zero-order valence-corrected chi connectivity index (χ0v) is 13.1. The van der Waals surface area contributed by atoms with E-state index in [1.807, 2.05) is 0 Å². The highest BCUT2D eigenvalue weighted by Crippen LogP contribution is 2.33. The molecule has 2 aromatic carbocycles. The summed E-state index contributed by atoms with van der Waals surface area (Å²) in [6.07, 6.45) is 0.357. The highest BCUT2D eigenvalue weighted by molar-refractivity contribution is 6.32. The van der Waals surface area contributed by atoms with E-state index in [1.165, 1.54) is 18.2 Å². The zero-order chi connectivity index (χ0) is 17.1. The van der Waals surface area contributed by atoms with Crippen LogP contribution in [0, 0.1) is 0 Å². The second kappa shape index (κ2) is 6.67. The van der Waals surface area contributed by atoms with Crippen molar-refractivity contribution in [3.8, 4) is 17.2 Å². The number of benzene rings is 2.